The molecule has 0 atom stereocenters. The number of methoxy groups -OCH3 is 1. The van der Waals surface area contributed by atoms with Crippen molar-refractivity contribution in [2.24, 2.45) is 5.41 Å². The van der Waals surface area contributed by atoms with E-state index in [9.17, 15) is 0 Å². The summed E-state index contributed by atoms with van der Waals surface area (Å²) in [5.41, 5.74) is 0.0887. The van der Waals surface area contributed by atoms with Crippen molar-refractivity contribution in [3.8, 4) is 0 Å². The summed E-state index contributed by atoms with van der Waals surface area (Å²) in [6.45, 7) is 9.96. The van der Waals surface area contributed by atoms with Crippen molar-refractivity contribution in [2.45, 2.75) is 39.7 Å². The van der Waals surface area contributed by atoms with Crippen LogP contribution in [0.5, 0.6) is 0 Å². The van der Waals surface area contributed by atoms with Crippen molar-refractivity contribution in [1.82, 2.24) is 0 Å². The molecule has 0 unspecified atom stereocenters. The van der Waals surface area contributed by atoms with Gasteiger partial charge in [0.15, 0.2) is 0 Å². The Morgan fingerprint density at radius 1 is 1.14 bits per heavy atom. The predicted molar refractivity (Wildman–Crippen MR) is 64.2 cm³/mol. The summed E-state index contributed by atoms with van der Waals surface area (Å²) in [6.07, 6.45) is 0.923. The first kappa shape index (κ1) is 14.3. The molecule has 0 aromatic heterocycles. The molecule has 0 aliphatic rings. The van der Waals surface area contributed by atoms with Crippen molar-refractivity contribution < 1.29 is 9.47 Å². The highest BCUT2D eigenvalue weighted by Gasteiger charge is 2.18. The maximum absolute atomic E-state index is 5.60. The largest absolute Gasteiger partial charge is 0.381 e. The molecule has 0 aromatic carbocycles. The highest BCUT2D eigenvalue weighted by Crippen LogP contribution is 2.18. The summed E-state index contributed by atoms with van der Waals surface area (Å²) < 4.78 is 10.9. The van der Waals surface area contributed by atoms with Gasteiger partial charge in [0, 0.05) is 13.7 Å². The van der Waals surface area contributed by atoms with Crippen molar-refractivity contribution in [3.05, 3.63) is 0 Å². The van der Waals surface area contributed by atoms with Crippen molar-refractivity contribution >= 4 is 12.6 Å². The van der Waals surface area contributed by atoms with Gasteiger partial charge < -0.3 is 9.47 Å². The summed E-state index contributed by atoms with van der Waals surface area (Å²) in [7, 11) is 1.73. The molecular weight excluding hydrogens is 196 g/mol. The van der Waals surface area contributed by atoms with Crippen molar-refractivity contribution in [2.75, 3.05) is 26.1 Å². The monoisotopic (exact) mass is 220 g/mol. The number of hydrogen-bond donors (Lipinski definition) is 1. The first-order valence-electron chi connectivity index (χ1n) is 5.07. The fourth-order valence-electron chi connectivity index (χ4n) is 0.814. The molecule has 0 heterocycles. The van der Waals surface area contributed by atoms with Gasteiger partial charge in [-0.25, -0.2) is 0 Å². The van der Waals surface area contributed by atoms with Crippen LogP contribution in [-0.4, -0.2) is 31.7 Å². The molecule has 0 aliphatic carbocycles. The first-order chi connectivity index (χ1) is 6.33. The molecule has 3 heteroatoms. The van der Waals surface area contributed by atoms with E-state index < -0.39 is 0 Å². The van der Waals surface area contributed by atoms with Crippen LogP contribution in [0.3, 0.4) is 0 Å². The van der Waals surface area contributed by atoms with E-state index in [0.29, 0.717) is 0 Å². The third kappa shape index (κ3) is 6.68. The van der Waals surface area contributed by atoms with Gasteiger partial charge in [0.05, 0.1) is 12.2 Å². The molecule has 0 fully saturated rings. The van der Waals surface area contributed by atoms with Crippen LogP contribution in [0.2, 0.25) is 0 Å². The fourth-order valence-corrected chi connectivity index (χ4v) is 0.905. The van der Waals surface area contributed by atoms with E-state index in [0.717, 1.165) is 25.4 Å². The van der Waals surface area contributed by atoms with E-state index in [1.165, 1.54) is 0 Å². The average Bonchev–Trinajstić information content (AvgIpc) is 2.13. The van der Waals surface area contributed by atoms with Crippen LogP contribution in [0, 0.1) is 5.41 Å². The van der Waals surface area contributed by atoms with Gasteiger partial charge in [0.1, 0.15) is 0 Å². The molecule has 0 bridgehead atoms. The van der Waals surface area contributed by atoms with E-state index in [1.54, 1.807) is 7.11 Å². The molecule has 0 N–H and O–H groups in total. The van der Waals surface area contributed by atoms with E-state index in [4.69, 9.17) is 9.47 Å². The molecular formula is C11H24O2S. The smallest absolute Gasteiger partial charge is 0.0644 e. The van der Waals surface area contributed by atoms with Gasteiger partial charge in [-0.05, 0) is 31.4 Å². The summed E-state index contributed by atoms with van der Waals surface area (Å²) in [5.74, 6) is 0.848. The molecule has 86 valence electrons. The number of hydrogen-bond acceptors (Lipinski definition) is 3. The molecule has 0 saturated heterocycles. The Morgan fingerprint density at radius 3 is 2.14 bits per heavy atom. The Balaban J connectivity index is 3.57. The maximum Gasteiger partial charge on any atom is 0.0644 e. The second kappa shape index (κ2) is 5.99. The van der Waals surface area contributed by atoms with Gasteiger partial charge in [0.2, 0.25) is 0 Å². The summed E-state index contributed by atoms with van der Waals surface area (Å²) >= 11 is 4.27. The van der Waals surface area contributed by atoms with Crippen LogP contribution in [-0.2, 0) is 9.47 Å². The van der Waals surface area contributed by atoms with Crippen LogP contribution >= 0.6 is 12.6 Å². The van der Waals surface area contributed by atoms with Crippen LogP contribution in [0.15, 0.2) is 0 Å². The van der Waals surface area contributed by atoms with Gasteiger partial charge in [-0.2, -0.15) is 12.6 Å². The molecule has 0 spiro atoms. The standard InChI is InChI=1S/C11H24O2S/c1-10(2,9-14)8-13-7-6-11(3,4)12-5/h14H,6-9H2,1-5H3. The SMILES string of the molecule is COC(C)(C)CCOCC(C)(C)CS. The van der Waals surface area contributed by atoms with E-state index >= 15 is 0 Å². The van der Waals surface area contributed by atoms with Gasteiger partial charge >= 0.3 is 0 Å². The lowest BCUT2D eigenvalue weighted by Gasteiger charge is -2.25. The Kier molecular flexibility index (Phi) is 6.10. The van der Waals surface area contributed by atoms with Crippen LogP contribution in [0.1, 0.15) is 34.1 Å². The second-order valence-corrected chi connectivity index (χ2v) is 5.40. The third-order valence-corrected chi connectivity index (χ3v) is 3.18. The molecule has 14 heavy (non-hydrogen) atoms. The fraction of sp³-hybridized carbons (Fsp3) is 1.00. The highest BCUT2D eigenvalue weighted by molar-refractivity contribution is 7.80. The minimum absolute atomic E-state index is 0.0783. The molecule has 0 aliphatic heterocycles. The molecule has 0 radical (unpaired) electrons. The normalized spacial score (nSPS) is 13.3. The zero-order valence-electron chi connectivity index (χ0n) is 10.1. The molecule has 2 nitrogen and oxygen atoms in total. The zero-order valence-corrected chi connectivity index (χ0v) is 11.0. The summed E-state index contributed by atoms with van der Waals surface area (Å²) in [5, 5.41) is 0. The number of ether oxygens (including phenoxy) is 2. The highest BCUT2D eigenvalue weighted by atomic mass is 32.1. The van der Waals surface area contributed by atoms with Crippen LogP contribution < -0.4 is 0 Å². The minimum atomic E-state index is -0.0783. The van der Waals surface area contributed by atoms with Gasteiger partial charge in [-0.1, -0.05) is 13.8 Å². The number of rotatable bonds is 7. The second-order valence-electron chi connectivity index (χ2n) is 5.09. The third-order valence-electron chi connectivity index (χ3n) is 2.32. The first-order valence-corrected chi connectivity index (χ1v) is 5.70. The predicted octanol–water partition coefficient (Wildman–Crippen LogP) is 2.77. The maximum atomic E-state index is 5.60. The van der Waals surface area contributed by atoms with Gasteiger partial charge in [-0.15, -0.1) is 0 Å². The topological polar surface area (TPSA) is 18.5 Å². The average molecular weight is 220 g/mol. The Morgan fingerprint density at radius 2 is 1.71 bits per heavy atom. The van der Waals surface area contributed by atoms with Crippen LogP contribution in [0.4, 0.5) is 0 Å². The molecule has 0 rings (SSSR count). The van der Waals surface area contributed by atoms with Crippen LogP contribution in [0.25, 0.3) is 0 Å². The lowest BCUT2D eigenvalue weighted by atomic mass is 9.98. The van der Waals surface area contributed by atoms with Crippen molar-refractivity contribution in [1.29, 1.82) is 0 Å². The minimum Gasteiger partial charge on any atom is -0.381 e. The van der Waals surface area contributed by atoms with E-state index in [2.05, 4.69) is 40.3 Å². The summed E-state index contributed by atoms with van der Waals surface area (Å²) in [6, 6.07) is 0. The molecule has 0 saturated carbocycles. The number of thiol groups is 1. The Bertz CT molecular complexity index is 137. The Labute approximate surface area is 93.8 Å². The van der Waals surface area contributed by atoms with Gasteiger partial charge in [-0.3, -0.25) is 0 Å². The molecule has 0 aromatic rings. The zero-order chi connectivity index (χ0) is 11.2. The van der Waals surface area contributed by atoms with Gasteiger partial charge in [0.25, 0.3) is 0 Å². The van der Waals surface area contributed by atoms with E-state index in [1.807, 2.05) is 0 Å². The Hall–Kier alpha value is 0.270. The lowest BCUT2D eigenvalue weighted by Crippen LogP contribution is -2.27. The van der Waals surface area contributed by atoms with E-state index in [-0.39, 0.29) is 11.0 Å². The quantitative estimate of drug-likeness (QED) is 0.525. The van der Waals surface area contributed by atoms with Crippen molar-refractivity contribution in [3.63, 3.8) is 0 Å². The summed E-state index contributed by atoms with van der Waals surface area (Å²) in [4.78, 5) is 0. The lowest BCUT2D eigenvalue weighted by molar-refractivity contribution is -0.0189. The molecule has 0 amide bonds.